The third kappa shape index (κ3) is 4.33. The van der Waals surface area contributed by atoms with Crippen LogP contribution in [0.3, 0.4) is 0 Å². The maximum atomic E-state index is 12.9. The highest BCUT2D eigenvalue weighted by Gasteiger charge is 2.41. The van der Waals surface area contributed by atoms with Crippen molar-refractivity contribution >= 4 is 17.6 Å². The summed E-state index contributed by atoms with van der Waals surface area (Å²) in [4.78, 5) is 36.2. The van der Waals surface area contributed by atoms with Gasteiger partial charge in [-0.15, -0.1) is 0 Å². The van der Waals surface area contributed by atoms with Gasteiger partial charge in [-0.05, 0) is 5.56 Å². The number of carboxylic acids is 1. The fraction of sp³-hybridized carbons (Fsp3) is 0.300. The summed E-state index contributed by atoms with van der Waals surface area (Å²) >= 11 is 0. The van der Waals surface area contributed by atoms with Crippen LogP contribution < -0.4 is 9.47 Å². The van der Waals surface area contributed by atoms with Gasteiger partial charge in [0.15, 0.2) is 11.5 Å². The van der Waals surface area contributed by atoms with Crippen LogP contribution in [0.4, 0.5) is 5.69 Å². The van der Waals surface area contributed by atoms with E-state index in [-0.39, 0.29) is 36.6 Å². The van der Waals surface area contributed by atoms with Crippen LogP contribution in [0.25, 0.3) is 0 Å². The summed E-state index contributed by atoms with van der Waals surface area (Å²) in [5.74, 6) is -2.01. The Kier molecular flexibility index (Phi) is 6.17. The smallest absolute Gasteiger partial charge is 0.326 e. The number of carbonyl (C=O) groups excluding carboxylic acids is 1. The van der Waals surface area contributed by atoms with E-state index in [0.717, 1.165) is 22.6 Å². The number of rotatable bonds is 7. The highest BCUT2D eigenvalue weighted by atomic mass is 16.6. The fourth-order valence-corrected chi connectivity index (χ4v) is 3.31. The second kappa shape index (κ2) is 8.78. The van der Waals surface area contributed by atoms with Crippen molar-refractivity contribution in [2.75, 3.05) is 13.7 Å². The van der Waals surface area contributed by atoms with E-state index < -0.39 is 34.6 Å². The van der Waals surface area contributed by atoms with Crippen LogP contribution in [-0.4, -0.2) is 57.7 Å². The lowest BCUT2D eigenvalue weighted by atomic mass is 10.1. The van der Waals surface area contributed by atoms with Gasteiger partial charge in [0.1, 0.15) is 18.2 Å². The van der Waals surface area contributed by atoms with Crippen molar-refractivity contribution in [3.05, 3.63) is 63.7 Å². The lowest BCUT2D eigenvalue weighted by Gasteiger charge is -2.21. The van der Waals surface area contributed by atoms with Crippen molar-refractivity contribution in [1.29, 1.82) is 0 Å². The molecule has 30 heavy (non-hydrogen) atoms. The number of carbonyl (C=O) groups is 2. The summed E-state index contributed by atoms with van der Waals surface area (Å²) in [6, 6.07) is 10.1. The highest BCUT2D eigenvalue weighted by molar-refractivity contribution is 6.01. The lowest BCUT2D eigenvalue weighted by molar-refractivity contribution is -0.385. The maximum absolute atomic E-state index is 12.9. The normalized spacial score (nSPS) is 18.1. The molecule has 0 bridgehead atoms. The average Bonchev–Trinajstić information content (AvgIpc) is 3.13. The Balaban J connectivity index is 1.95. The average molecular weight is 416 g/mol. The first-order chi connectivity index (χ1) is 14.3. The van der Waals surface area contributed by atoms with Crippen molar-refractivity contribution in [2.45, 2.75) is 25.2 Å². The monoisotopic (exact) mass is 416 g/mol. The van der Waals surface area contributed by atoms with E-state index in [1.807, 2.05) is 30.3 Å². The molecule has 0 spiro atoms. The second-order valence-electron chi connectivity index (χ2n) is 6.75. The van der Waals surface area contributed by atoms with Crippen molar-refractivity contribution in [2.24, 2.45) is 0 Å². The summed E-state index contributed by atoms with van der Waals surface area (Å²) in [5, 5.41) is 30.7. The number of amides is 1. The molecule has 2 aromatic carbocycles. The van der Waals surface area contributed by atoms with Gasteiger partial charge in [-0.3, -0.25) is 14.9 Å². The molecule has 1 saturated heterocycles. The molecule has 2 atom stereocenters. The molecule has 3 rings (SSSR count). The van der Waals surface area contributed by atoms with Crippen LogP contribution in [0.2, 0.25) is 0 Å². The van der Waals surface area contributed by atoms with E-state index >= 15 is 0 Å². The Hall–Kier alpha value is -3.66. The number of aliphatic carboxylic acids is 1. The lowest BCUT2D eigenvalue weighted by Crippen LogP contribution is -2.40. The molecule has 1 unspecified atom stereocenters. The Morgan fingerprint density at radius 3 is 2.53 bits per heavy atom. The molecular weight excluding hydrogens is 396 g/mol. The quantitative estimate of drug-likeness (QED) is 0.515. The van der Waals surface area contributed by atoms with E-state index in [1.165, 1.54) is 7.11 Å². The minimum absolute atomic E-state index is 0.0702. The Bertz CT molecular complexity index is 963. The molecule has 10 heteroatoms. The predicted octanol–water partition coefficient (Wildman–Crippen LogP) is 1.84. The Morgan fingerprint density at radius 2 is 1.93 bits per heavy atom. The number of benzene rings is 2. The first-order valence-electron chi connectivity index (χ1n) is 9.06. The number of nitro groups is 1. The first kappa shape index (κ1) is 21.1. The molecule has 158 valence electrons. The SMILES string of the molecule is COc1cc(C(=O)N2CC(O)C[C@H]2C(=O)O)c([N+](=O)[O-])cc1OCc1ccccc1. The zero-order valence-electron chi connectivity index (χ0n) is 16.1. The van der Waals surface area contributed by atoms with Crippen LogP contribution in [0.1, 0.15) is 22.3 Å². The van der Waals surface area contributed by atoms with Gasteiger partial charge in [0.05, 0.1) is 24.2 Å². The van der Waals surface area contributed by atoms with Gasteiger partial charge in [-0.1, -0.05) is 30.3 Å². The van der Waals surface area contributed by atoms with Crippen molar-refractivity contribution in [3.63, 3.8) is 0 Å². The van der Waals surface area contributed by atoms with Gasteiger partial charge in [0.25, 0.3) is 11.6 Å². The van der Waals surface area contributed by atoms with Gasteiger partial charge < -0.3 is 24.6 Å². The van der Waals surface area contributed by atoms with E-state index in [2.05, 4.69) is 0 Å². The van der Waals surface area contributed by atoms with Crippen molar-refractivity contribution in [1.82, 2.24) is 4.90 Å². The van der Waals surface area contributed by atoms with Gasteiger partial charge in [0.2, 0.25) is 0 Å². The number of hydrogen-bond donors (Lipinski definition) is 2. The molecule has 1 aliphatic rings. The number of ether oxygens (including phenoxy) is 2. The van der Waals surface area contributed by atoms with Gasteiger partial charge in [-0.25, -0.2) is 4.79 Å². The Morgan fingerprint density at radius 1 is 1.23 bits per heavy atom. The van der Waals surface area contributed by atoms with Crippen LogP contribution in [-0.2, 0) is 11.4 Å². The minimum atomic E-state index is -1.29. The van der Waals surface area contributed by atoms with E-state index in [0.29, 0.717) is 0 Å². The largest absolute Gasteiger partial charge is 0.493 e. The second-order valence-corrected chi connectivity index (χ2v) is 6.75. The molecule has 0 aromatic heterocycles. The molecule has 1 heterocycles. The van der Waals surface area contributed by atoms with Crippen LogP contribution in [0.15, 0.2) is 42.5 Å². The number of hydrogen-bond acceptors (Lipinski definition) is 7. The fourth-order valence-electron chi connectivity index (χ4n) is 3.31. The number of aliphatic hydroxyl groups is 1. The standard InChI is InChI=1S/C20H20N2O8/c1-29-17-8-14(19(24)21-10-13(23)7-16(21)20(25)26)15(22(27)28)9-18(17)30-11-12-5-3-2-4-6-12/h2-6,8-9,13,16,23H,7,10-11H2,1H3,(H,25,26)/t13?,16-/m0/s1. The third-order valence-corrected chi connectivity index (χ3v) is 4.77. The number of methoxy groups -OCH3 is 1. The number of likely N-dealkylation sites (tertiary alicyclic amines) is 1. The van der Waals surface area contributed by atoms with E-state index in [9.17, 15) is 29.9 Å². The highest BCUT2D eigenvalue weighted by Crippen LogP contribution is 2.36. The van der Waals surface area contributed by atoms with Crippen LogP contribution in [0, 0.1) is 10.1 Å². The number of β-amino-alcohol motifs (C(OH)–C–C–N with tert-alkyl or cyclic N) is 1. The molecule has 2 aromatic rings. The van der Waals surface area contributed by atoms with Gasteiger partial charge in [-0.2, -0.15) is 0 Å². The summed E-state index contributed by atoms with van der Waals surface area (Å²) in [6.45, 7) is -0.109. The molecule has 10 nitrogen and oxygen atoms in total. The first-order valence-corrected chi connectivity index (χ1v) is 9.06. The molecule has 0 aliphatic carbocycles. The van der Waals surface area contributed by atoms with Crippen molar-refractivity contribution < 1.29 is 34.2 Å². The minimum Gasteiger partial charge on any atom is -0.493 e. The van der Waals surface area contributed by atoms with Crippen molar-refractivity contribution in [3.8, 4) is 11.5 Å². The van der Waals surface area contributed by atoms with Crippen LogP contribution >= 0.6 is 0 Å². The number of nitro benzene ring substituents is 1. The molecular formula is C20H20N2O8. The summed E-state index contributed by atoms with van der Waals surface area (Å²) in [6.07, 6.45) is -1.17. The maximum Gasteiger partial charge on any atom is 0.326 e. The molecule has 1 fully saturated rings. The van der Waals surface area contributed by atoms with Gasteiger partial charge >= 0.3 is 5.97 Å². The third-order valence-electron chi connectivity index (χ3n) is 4.77. The number of carboxylic acid groups (broad SMARTS) is 1. The molecule has 1 aliphatic heterocycles. The molecule has 0 saturated carbocycles. The van der Waals surface area contributed by atoms with E-state index in [1.54, 1.807) is 0 Å². The van der Waals surface area contributed by atoms with Crippen LogP contribution in [0.5, 0.6) is 11.5 Å². The molecule has 0 radical (unpaired) electrons. The van der Waals surface area contributed by atoms with E-state index in [4.69, 9.17) is 9.47 Å². The zero-order valence-corrected chi connectivity index (χ0v) is 16.1. The predicted molar refractivity (Wildman–Crippen MR) is 104 cm³/mol. The summed E-state index contributed by atoms with van der Waals surface area (Å²) in [5.41, 5.74) is -0.0589. The zero-order chi connectivity index (χ0) is 21.8. The number of aliphatic hydroxyl groups excluding tert-OH is 1. The molecule has 1 amide bonds. The topological polar surface area (TPSA) is 139 Å². The number of nitrogens with zero attached hydrogens (tertiary/aromatic N) is 2. The summed E-state index contributed by atoms with van der Waals surface area (Å²) < 4.78 is 10.9. The Labute approximate surface area is 171 Å². The summed E-state index contributed by atoms with van der Waals surface area (Å²) in [7, 11) is 1.32. The van der Waals surface area contributed by atoms with Gasteiger partial charge in [0, 0.05) is 19.0 Å². The molecule has 2 N–H and O–H groups in total.